The number of aromatic nitrogens is 3. The van der Waals surface area contributed by atoms with Crippen molar-refractivity contribution in [2.45, 2.75) is 39.3 Å². The van der Waals surface area contributed by atoms with E-state index in [9.17, 15) is 9.59 Å². The number of hydrogen-bond donors (Lipinski definition) is 1. The minimum absolute atomic E-state index is 0.151. The summed E-state index contributed by atoms with van der Waals surface area (Å²) in [6.45, 7) is 5.69. The van der Waals surface area contributed by atoms with Crippen molar-refractivity contribution in [1.29, 1.82) is 0 Å². The summed E-state index contributed by atoms with van der Waals surface area (Å²) in [5.41, 5.74) is 2.30. The molecule has 0 radical (unpaired) electrons. The van der Waals surface area contributed by atoms with Crippen LogP contribution < -0.4 is 10.9 Å². The lowest BCUT2D eigenvalue weighted by molar-refractivity contribution is -0.125. The van der Waals surface area contributed by atoms with Crippen molar-refractivity contribution in [1.82, 2.24) is 19.5 Å². The van der Waals surface area contributed by atoms with Crippen molar-refractivity contribution in [2.24, 2.45) is 0 Å². The Hall–Kier alpha value is -2.93. The maximum atomic E-state index is 13.1. The lowest BCUT2D eigenvalue weighted by Gasteiger charge is -2.21. The van der Waals surface area contributed by atoms with Crippen LogP contribution in [0.4, 0.5) is 0 Å². The quantitative estimate of drug-likeness (QED) is 0.559. The summed E-state index contributed by atoms with van der Waals surface area (Å²) >= 11 is 1.59. The Bertz CT molecular complexity index is 1210. The van der Waals surface area contributed by atoms with E-state index in [2.05, 4.69) is 10.4 Å². The lowest BCUT2D eigenvalue weighted by atomic mass is 10.1. The zero-order chi connectivity index (χ0) is 19.8. The van der Waals surface area contributed by atoms with Gasteiger partial charge < -0.3 is 5.32 Å². The number of hydrogen-bond acceptors (Lipinski definition) is 4. The molecule has 0 fully saturated rings. The van der Waals surface area contributed by atoms with Crippen LogP contribution in [0, 0.1) is 6.92 Å². The van der Waals surface area contributed by atoms with Crippen LogP contribution in [-0.2, 0) is 4.79 Å². The van der Waals surface area contributed by atoms with Gasteiger partial charge in [-0.15, -0.1) is 11.3 Å². The third kappa shape index (κ3) is 3.01. The third-order valence-corrected chi connectivity index (χ3v) is 5.92. The predicted molar refractivity (Wildman–Crippen MR) is 112 cm³/mol. The third-order valence-electron chi connectivity index (χ3n) is 5.07. The average Bonchev–Trinajstić information content (AvgIpc) is 3.28. The fraction of sp³-hybridized carbons (Fsp3) is 0.286. The molecule has 3 aromatic heterocycles. The van der Waals surface area contributed by atoms with Crippen molar-refractivity contribution in [3.8, 4) is 0 Å². The SMILES string of the molecule is CC[C@H](C(=O)N[C@@H](C)c1ccccc1)n1nc(C)n2c(cc3sccc32)c1=O. The summed E-state index contributed by atoms with van der Waals surface area (Å²) in [6, 6.07) is 12.8. The highest BCUT2D eigenvalue weighted by Gasteiger charge is 2.25. The number of nitrogens with one attached hydrogen (secondary N) is 1. The molecule has 0 bridgehead atoms. The van der Waals surface area contributed by atoms with Crippen molar-refractivity contribution in [3.05, 3.63) is 69.6 Å². The first kappa shape index (κ1) is 18.4. The molecule has 4 aromatic rings. The van der Waals surface area contributed by atoms with Crippen LogP contribution in [0.15, 0.2) is 52.6 Å². The predicted octanol–water partition coefficient (Wildman–Crippen LogP) is 3.85. The number of thiophene rings is 1. The highest BCUT2D eigenvalue weighted by molar-refractivity contribution is 7.17. The van der Waals surface area contributed by atoms with Gasteiger partial charge in [-0.2, -0.15) is 5.10 Å². The maximum absolute atomic E-state index is 13.1. The minimum Gasteiger partial charge on any atom is -0.348 e. The van der Waals surface area contributed by atoms with E-state index in [0.717, 1.165) is 15.8 Å². The minimum atomic E-state index is -0.657. The van der Waals surface area contributed by atoms with E-state index in [1.807, 2.05) is 73.0 Å². The van der Waals surface area contributed by atoms with E-state index in [-0.39, 0.29) is 17.5 Å². The van der Waals surface area contributed by atoms with Crippen LogP contribution in [0.2, 0.25) is 0 Å². The number of carbonyl (C=O) groups is 1. The number of amides is 1. The molecule has 0 saturated carbocycles. The van der Waals surface area contributed by atoms with Gasteiger partial charge in [0.15, 0.2) is 0 Å². The average molecular weight is 395 g/mol. The molecule has 1 N–H and O–H groups in total. The van der Waals surface area contributed by atoms with Gasteiger partial charge in [0.2, 0.25) is 5.91 Å². The van der Waals surface area contributed by atoms with Gasteiger partial charge in [-0.05, 0) is 43.3 Å². The Morgan fingerprint density at radius 2 is 1.96 bits per heavy atom. The van der Waals surface area contributed by atoms with Crippen LogP contribution in [0.5, 0.6) is 0 Å². The van der Waals surface area contributed by atoms with Gasteiger partial charge in [-0.25, -0.2) is 4.68 Å². The largest absolute Gasteiger partial charge is 0.348 e. The van der Waals surface area contributed by atoms with Crippen molar-refractivity contribution in [3.63, 3.8) is 0 Å². The van der Waals surface area contributed by atoms with Crippen molar-refractivity contribution >= 4 is 33.0 Å². The van der Waals surface area contributed by atoms with E-state index in [0.29, 0.717) is 17.8 Å². The Balaban J connectivity index is 1.71. The summed E-state index contributed by atoms with van der Waals surface area (Å²) < 4.78 is 4.23. The zero-order valence-electron chi connectivity index (χ0n) is 16.0. The number of aryl methyl sites for hydroxylation is 1. The molecule has 144 valence electrons. The Morgan fingerprint density at radius 1 is 1.21 bits per heavy atom. The normalized spacial score (nSPS) is 13.7. The first-order valence-electron chi connectivity index (χ1n) is 9.34. The van der Waals surface area contributed by atoms with E-state index >= 15 is 0 Å². The zero-order valence-corrected chi connectivity index (χ0v) is 16.9. The van der Waals surface area contributed by atoms with Gasteiger partial charge in [0.25, 0.3) is 5.56 Å². The molecule has 6 nitrogen and oxygen atoms in total. The summed E-state index contributed by atoms with van der Waals surface area (Å²) in [7, 11) is 0. The summed E-state index contributed by atoms with van der Waals surface area (Å²) in [6.07, 6.45) is 0.477. The second kappa shape index (κ2) is 7.24. The van der Waals surface area contributed by atoms with E-state index in [1.54, 1.807) is 11.3 Å². The highest BCUT2D eigenvalue weighted by atomic mass is 32.1. The molecular weight excluding hydrogens is 372 g/mol. The van der Waals surface area contributed by atoms with Gasteiger partial charge >= 0.3 is 0 Å². The van der Waals surface area contributed by atoms with E-state index in [1.165, 1.54) is 4.68 Å². The molecule has 4 rings (SSSR count). The molecule has 0 spiro atoms. The van der Waals surface area contributed by atoms with Crippen molar-refractivity contribution < 1.29 is 4.79 Å². The number of nitrogens with zero attached hydrogens (tertiary/aromatic N) is 3. The highest BCUT2D eigenvalue weighted by Crippen LogP contribution is 2.25. The molecule has 3 heterocycles. The summed E-state index contributed by atoms with van der Waals surface area (Å²) in [5, 5.41) is 9.50. The van der Waals surface area contributed by atoms with Crippen LogP contribution in [-0.4, -0.2) is 20.1 Å². The fourth-order valence-electron chi connectivity index (χ4n) is 3.61. The molecule has 7 heteroatoms. The second-order valence-electron chi connectivity index (χ2n) is 6.90. The topological polar surface area (TPSA) is 68.4 Å². The number of fused-ring (bicyclic) bond motifs is 3. The molecule has 1 amide bonds. The smallest absolute Gasteiger partial charge is 0.291 e. The molecule has 0 aliphatic heterocycles. The van der Waals surface area contributed by atoms with Gasteiger partial charge in [-0.3, -0.25) is 14.0 Å². The maximum Gasteiger partial charge on any atom is 0.291 e. The standard InChI is InChI=1S/C21H22N4O2S/c1-4-16(20(26)22-13(2)15-8-6-5-7-9-15)25-21(27)18-12-19-17(10-11-28-19)24(18)14(3)23-25/h5-13,16H,4H2,1-3H3,(H,22,26)/t13-,16+/m0/s1. The number of carbonyl (C=O) groups excluding carboxylic acids is 1. The molecular formula is C21H22N4O2S. The second-order valence-corrected chi connectivity index (χ2v) is 7.84. The lowest BCUT2D eigenvalue weighted by Crippen LogP contribution is -2.40. The van der Waals surface area contributed by atoms with Crippen LogP contribution in [0.3, 0.4) is 0 Å². The first-order chi connectivity index (χ1) is 13.5. The Labute approximate surface area is 166 Å². The van der Waals surface area contributed by atoms with Crippen LogP contribution in [0.1, 0.15) is 43.7 Å². The summed E-state index contributed by atoms with van der Waals surface area (Å²) in [5.74, 6) is 0.482. The van der Waals surface area contributed by atoms with Gasteiger partial charge in [0.1, 0.15) is 17.4 Å². The Kier molecular flexibility index (Phi) is 4.77. The van der Waals surface area contributed by atoms with Crippen LogP contribution >= 0.6 is 11.3 Å². The molecule has 2 atom stereocenters. The molecule has 0 saturated heterocycles. The van der Waals surface area contributed by atoms with E-state index in [4.69, 9.17) is 0 Å². The molecule has 0 aliphatic carbocycles. The van der Waals surface area contributed by atoms with Gasteiger partial charge in [-0.1, -0.05) is 37.3 Å². The first-order valence-corrected chi connectivity index (χ1v) is 10.2. The number of benzene rings is 1. The molecule has 0 aliphatic rings. The molecule has 28 heavy (non-hydrogen) atoms. The summed E-state index contributed by atoms with van der Waals surface area (Å²) in [4.78, 5) is 26.1. The number of rotatable bonds is 5. The molecule has 1 aromatic carbocycles. The monoisotopic (exact) mass is 394 g/mol. The van der Waals surface area contributed by atoms with Crippen molar-refractivity contribution in [2.75, 3.05) is 0 Å². The van der Waals surface area contributed by atoms with Gasteiger partial charge in [0, 0.05) is 0 Å². The fourth-order valence-corrected chi connectivity index (χ4v) is 4.41. The van der Waals surface area contributed by atoms with Gasteiger partial charge in [0.05, 0.1) is 16.3 Å². The molecule has 0 unspecified atom stereocenters. The Morgan fingerprint density at radius 3 is 2.68 bits per heavy atom. The van der Waals surface area contributed by atoms with Crippen LogP contribution in [0.25, 0.3) is 15.7 Å². The van der Waals surface area contributed by atoms with E-state index < -0.39 is 6.04 Å².